The van der Waals surface area contributed by atoms with Crippen LogP contribution in [0.1, 0.15) is 6.92 Å². The predicted octanol–water partition coefficient (Wildman–Crippen LogP) is -0.371. The van der Waals surface area contributed by atoms with E-state index in [1.54, 1.807) is 0 Å². The van der Waals surface area contributed by atoms with Gasteiger partial charge in [0.15, 0.2) is 0 Å². The Labute approximate surface area is 78.1 Å². The molecule has 0 spiro atoms. The third-order valence-electron chi connectivity index (χ3n) is 2.45. The van der Waals surface area contributed by atoms with Crippen molar-refractivity contribution in [2.75, 3.05) is 32.7 Å². The first kappa shape index (κ1) is 10.3. The Bertz CT molecular complexity index is 186. The molecule has 5 heteroatoms. The third kappa shape index (κ3) is 2.57. The Balaban J connectivity index is 2.41. The molecular weight excluding hydrogens is 170 g/mol. The highest BCUT2D eigenvalue weighted by Gasteiger charge is 2.25. The molecule has 1 heterocycles. The Hall–Kier alpha value is -0.810. The monoisotopic (exact) mass is 187 g/mol. The quantitative estimate of drug-likeness (QED) is 0.619. The lowest BCUT2D eigenvalue weighted by molar-refractivity contribution is 0.0771. The maximum absolute atomic E-state index is 10.6. The van der Waals surface area contributed by atoms with Crippen LogP contribution < -0.4 is 5.73 Å². The first-order chi connectivity index (χ1) is 6.15. The van der Waals surface area contributed by atoms with Gasteiger partial charge in [-0.05, 0) is 6.92 Å². The smallest absolute Gasteiger partial charge is 0.407 e. The van der Waals surface area contributed by atoms with E-state index in [0.717, 1.165) is 13.1 Å². The zero-order chi connectivity index (χ0) is 9.84. The minimum Gasteiger partial charge on any atom is -0.465 e. The van der Waals surface area contributed by atoms with Gasteiger partial charge in [-0.3, -0.25) is 4.90 Å². The van der Waals surface area contributed by atoms with Gasteiger partial charge in [0.1, 0.15) is 0 Å². The Morgan fingerprint density at radius 2 is 2.31 bits per heavy atom. The fourth-order valence-corrected chi connectivity index (χ4v) is 1.67. The van der Waals surface area contributed by atoms with E-state index >= 15 is 0 Å². The van der Waals surface area contributed by atoms with Crippen molar-refractivity contribution < 1.29 is 9.90 Å². The van der Waals surface area contributed by atoms with Crippen molar-refractivity contribution >= 4 is 6.09 Å². The summed E-state index contributed by atoms with van der Waals surface area (Å²) in [7, 11) is 0. The van der Waals surface area contributed by atoms with Gasteiger partial charge in [-0.1, -0.05) is 0 Å². The highest BCUT2D eigenvalue weighted by molar-refractivity contribution is 5.65. The number of piperazine rings is 1. The molecule has 5 nitrogen and oxygen atoms in total. The number of hydrogen-bond acceptors (Lipinski definition) is 3. The molecular formula is C8H17N3O2. The summed E-state index contributed by atoms with van der Waals surface area (Å²) >= 11 is 0. The number of hydrogen-bond donors (Lipinski definition) is 2. The normalized spacial score (nSPS) is 24.8. The molecule has 0 radical (unpaired) electrons. The van der Waals surface area contributed by atoms with Gasteiger partial charge in [-0.2, -0.15) is 0 Å². The van der Waals surface area contributed by atoms with Crippen molar-refractivity contribution in [3.05, 3.63) is 0 Å². The van der Waals surface area contributed by atoms with Crippen molar-refractivity contribution in [3.63, 3.8) is 0 Å². The van der Waals surface area contributed by atoms with Crippen molar-refractivity contribution in [1.29, 1.82) is 0 Å². The maximum atomic E-state index is 10.6. The number of amides is 1. The summed E-state index contributed by atoms with van der Waals surface area (Å²) in [4.78, 5) is 14.3. The molecule has 0 aromatic carbocycles. The second kappa shape index (κ2) is 4.43. The van der Waals surface area contributed by atoms with Crippen LogP contribution in [-0.2, 0) is 0 Å². The molecule has 1 amide bonds. The molecule has 13 heavy (non-hydrogen) atoms. The number of carboxylic acid groups (broad SMARTS) is 1. The number of rotatable bonds is 2. The van der Waals surface area contributed by atoms with Gasteiger partial charge in [-0.25, -0.2) is 4.79 Å². The largest absolute Gasteiger partial charge is 0.465 e. The molecule has 0 aliphatic carbocycles. The number of nitrogens with zero attached hydrogens (tertiary/aromatic N) is 2. The van der Waals surface area contributed by atoms with Crippen LogP contribution in [0.4, 0.5) is 4.79 Å². The van der Waals surface area contributed by atoms with Crippen LogP contribution in [0.15, 0.2) is 0 Å². The third-order valence-corrected chi connectivity index (χ3v) is 2.45. The van der Waals surface area contributed by atoms with Crippen molar-refractivity contribution in [2.45, 2.75) is 13.0 Å². The van der Waals surface area contributed by atoms with E-state index in [-0.39, 0.29) is 6.04 Å². The zero-order valence-corrected chi connectivity index (χ0v) is 7.94. The van der Waals surface area contributed by atoms with Gasteiger partial charge < -0.3 is 15.7 Å². The molecule has 1 aliphatic heterocycles. The molecule has 0 aromatic heterocycles. The molecule has 3 N–H and O–H groups in total. The van der Waals surface area contributed by atoms with Crippen LogP contribution in [0.3, 0.4) is 0 Å². The zero-order valence-electron chi connectivity index (χ0n) is 7.94. The summed E-state index contributed by atoms with van der Waals surface area (Å²) in [5.41, 5.74) is 5.44. The minimum absolute atomic E-state index is 0.286. The SMILES string of the molecule is C[C@@H]1CN(C(=O)O)CCN1CCN. The van der Waals surface area contributed by atoms with Crippen LogP contribution in [0.25, 0.3) is 0 Å². The highest BCUT2D eigenvalue weighted by atomic mass is 16.4. The molecule has 0 bridgehead atoms. The molecule has 1 rings (SSSR count). The predicted molar refractivity (Wildman–Crippen MR) is 49.7 cm³/mol. The fourth-order valence-electron chi connectivity index (χ4n) is 1.67. The Morgan fingerprint density at radius 3 is 2.77 bits per heavy atom. The first-order valence-corrected chi connectivity index (χ1v) is 4.57. The summed E-state index contributed by atoms with van der Waals surface area (Å²) in [6.45, 7) is 5.51. The summed E-state index contributed by atoms with van der Waals surface area (Å²) in [6, 6.07) is 0.286. The van der Waals surface area contributed by atoms with Crippen LogP contribution in [0, 0.1) is 0 Å². The molecule has 0 unspecified atom stereocenters. The average molecular weight is 187 g/mol. The van der Waals surface area contributed by atoms with E-state index in [1.165, 1.54) is 4.90 Å². The standard InChI is InChI=1S/C8H17N3O2/c1-7-6-11(8(12)13)5-4-10(7)3-2-9/h7H,2-6,9H2,1H3,(H,12,13)/t7-/m1/s1. The second-order valence-electron chi connectivity index (χ2n) is 3.40. The summed E-state index contributed by atoms with van der Waals surface area (Å²) < 4.78 is 0. The van der Waals surface area contributed by atoms with Gasteiger partial charge >= 0.3 is 6.09 Å². The fraction of sp³-hybridized carbons (Fsp3) is 0.875. The van der Waals surface area contributed by atoms with E-state index in [4.69, 9.17) is 10.8 Å². The average Bonchev–Trinajstić information content (AvgIpc) is 2.08. The summed E-state index contributed by atoms with van der Waals surface area (Å²) in [5, 5.41) is 8.75. The summed E-state index contributed by atoms with van der Waals surface area (Å²) in [6.07, 6.45) is -0.820. The van der Waals surface area contributed by atoms with Crippen LogP contribution >= 0.6 is 0 Å². The maximum Gasteiger partial charge on any atom is 0.407 e. The van der Waals surface area contributed by atoms with Crippen LogP contribution in [0.2, 0.25) is 0 Å². The molecule has 76 valence electrons. The molecule has 1 aliphatic rings. The number of nitrogens with two attached hydrogens (primary N) is 1. The number of carbonyl (C=O) groups is 1. The highest BCUT2D eigenvalue weighted by Crippen LogP contribution is 2.08. The van der Waals surface area contributed by atoms with Crippen molar-refractivity contribution in [2.24, 2.45) is 5.73 Å². The summed E-state index contributed by atoms with van der Waals surface area (Å²) in [5.74, 6) is 0. The molecule has 0 saturated carbocycles. The van der Waals surface area contributed by atoms with E-state index in [0.29, 0.717) is 19.6 Å². The Morgan fingerprint density at radius 1 is 1.62 bits per heavy atom. The van der Waals surface area contributed by atoms with Gasteiger partial charge in [0.05, 0.1) is 0 Å². The van der Waals surface area contributed by atoms with Crippen LogP contribution in [-0.4, -0.2) is 59.8 Å². The lowest BCUT2D eigenvalue weighted by Crippen LogP contribution is -2.54. The van der Waals surface area contributed by atoms with Crippen LogP contribution in [0.5, 0.6) is 0 Å². The lowest BCUT2D eigenvalue weighted by Gasteiger charge is -2.38. The first-order valence-electron chi connectivity index (χ1n) is 4.57. The topological polar surface area (TPSA) is 69.8 Å². The van der Waals surface area contributed by atoms with Gasteiger partial charge in [0.25, 0.3) is 0 Å². The van der Waals surface area contributed by atoms with E-state index in [1.807, 2.05) is 6.92 Å². The second-order valence-corrected chi connectivity index (χ2v) is 3.40. The molecule has 1 saturated heterocycles. The lowest BCUT2D eigenvalue weighted by atomic mass is 10.2. The van der Waals surface area contributed by atoms with E-state index < -0.39 is 6.09 Å². The van der Waals surface area contributed by atoms with Crippen molar-refractivity contribution in [3.8, 4) is 0 Å². The van der Waals surface area contributed by atoms with Gasteiger partial charge in [-0.15, -0.1) is 0 Å². The molecule has 1 atom stereocenters. The van der Waals surface area contributed by atoms with E-state index in [9.17, 15) is 4.79 Å². The minimum atomic E-state index is -0.820. The Kier molecular flexibility index (Phi) is 3.50. The van der Waals surface area contributed by atoms with Gasteiger partial charge in [0, 0.05) is 38.8 Å². The van der Waals surface area contributed by atoms with Crippen molar-refractivity contribution in [1.82, 2.24) is 9.80 Å². The molecule has 0 aromatic rings. The van der Waals surface area contributed by atoms with E-state index in [2.05, 4.69) is 4.90 Å². The molecule has 1 fully saturated rings. The van der Waals surface area contributed by atoms with Gasteiger partial charge in [0.2, 0.25) is 0 Å².